The molecular weight excluding hydrogens is 186 g/mol. The molecule has 0 unspecified atom stereocenters. The summed E-state index contributed by atoms with van der Waals surface area (Å²) in [7, 11) is 0. The third kappa shape index (κ3) is 5.81. The Morgan fingerprint density at radius 2 is 1.87 bits per heavy atom. The van der Waals surface area contributed by atoms with Crippen LogP contribution in [-0.4, -0.2) is 23.8 Å². The minimum Gasteiger partial charge on any atom is -0.393 e. The first-order valence-electron chi connectivity index (χ1n) is 6.18. The van der Waals surface area contributed by atoms with Crippen molar-refractivity contribution in [1.82, 2.24) is 5.32 Å². The average molecular weight is 209 g/mol. The highest BCUT2D eigenvalue weighted by Crippen LogP contribution is 2.18. The molecule has 0 bridgehead atoms. The largest absolute Gasteiger partial charge is 0.393 e. The van der Waals surface area contributed by atoms with Crippen molar-refractivity contribution in [3.8, 4) is 12.3 Å². The van der Waals surface area contributed by atoms with E-state index in [1.54, 1.807) is 0 Å². The van der Waals surface area contributed by atoms with Crippen LogP contribution in [0.4, 0.5) is 0 Å². The van der Waals surface area contributed by atoms with Gasteiger partial charge in [0.15, 0.2) is 0 Å². The van der Waals surface area contributed by atoms with Crippen molar-refractivity contribution in [2.24, 2.45) is 0 Å². The summed E-state index contributed by atoms with van der Waals surface area (Å²) < 4.78 is 0. The molecule has 0 saturated heterocycles. The van der Waals surface area contributed by atoms with Gasteiger partial charge in [-0.15, -0.1) is 12.3 Å². The van der Waals surface area contributed by atoms with Gasteiger partial charge in [-0.2, -0.15) is 0 Å². The molecule has 1 aliphatic carbocycles. The second-order valence-corrected chi connectivity index (χ2v) is 4.47. The third-order valence-electron chi connectivity index (χ3n) is 3.13. The number of hydrogen-bond acceptors (Lipinski definition) is 2. The first-order valence-corrected chi connectivity index (χ1v) is 6.18. The summed E-state index contributed by atoms with van der Waals surface area (Å²) >= 11 is 0. The summed E-state index contributed by atoms with van der Waals surface area (Å²) in [6.45, 7) is 1.10. The lowest BCUT2D eigenvalue weighted by Crippen LogP contribution is -2.35. The van der Waals surface area contributed by atoms with Gasteiger partial charge in [-0.1, -0.05) is 6.42 Å². The molecule has 0 heterocycles. The number of nitrogens with one attached hydrogen (secondary N) is 1. The molecule has 1 saturated carbocycles. The molecule has 0 spiro atoms. The molecule has 0 aromatic rings. The SMILES string of the molecule is C#CCCCCCN[C@H]1CC[C@@H](O)CC1. The number of rotatable bonds is 6. The predicted octanol–water partition coefficient (Wildman–Crippen LogP) is 2.07. The van der Waals surface area contributed by atoms with Crippen molar-refractivity contribution in [1.29, 1.82) is 0 Å². The Kier molecular flexibility index (Phi) is 6.47. The molecule has 15 heavy (non-hydrogen) atoms. The summed E-state index contributed by atoms with van der Waals surface area (Å²) in [4.78, 5) is 0. The Bertz CT molecular complexity index is 189. The van der Waals surface area contributed by atoms with E-state index in [-0.39, 0.29) is 6.10 Å². The molecule has 0 atom stereocenters. The van der Waals surface area contributed by atoms with Crippen LogP contribution in [0, 0.1) is 12.3 Å². The molecule has 2 N–H and O–H groups in total. The minimum atomic E-state index is -0.0429. The quantitative estimate of drug-likeness (QED) is 0.518. The Morgan fingerprint density at radius 1 is 1.13 bits per heavy atom. The van der Waals surface area contributed by atoms with Gasteiger partial charge in [0.25, 0.3) is 0 Å². The fourth-order valence-electron chi connectivity index (χ4n) is 2.11. The van der Waals surface area contributed by atoms with Gasteiger partial charge >= 0.3 is 0 Å². The highest BCUT2D eigenvalue weighted by molar-refractivity contribution is 4.83. The molecule has 0 amide bonds. The number of aliphatic hydroxyl groups excluding tert-OH is 1. The Hall–Kier alpha value is -0.520. The van der Waals surface area contributed by atoms with Crippen molar-refractivity contribution in [3.63, 3.8) is 0 Å². The standard InChI is InChI=1S/C13H23NO/c1-2-3-4-5-6-11-14-12-7-9-13(15)10-8-12/h1,12-15H,3-11H2/t12-,13+. The van der Waals surface area contributed by atoms with Crippen LogP contribution in [-0.2, 0) is 0 Å². The predicted molar refractivity (Wildman–Crippen MR) is 63.6 cm³/mol. The van der Waals surface area contributed by atoms with Crippen LogP contribution in [0.1, 0.15) is 51.4 Å². The summed E-state index contributed by atoms with van der Waals surface area (Å²) in [5.41, 5.74) is 0. The maximum absolute atomic E-state index is 9.35. The first-order chi connectivity index (χ1) is 7.33. The van der Waals surface area contributed by atoms with E-state index in [1.807, 2.05) is 0 Å². The summed E-state index contributed by atoms with van der Waals surface area (Å²) in [5.74, 6) is 2.66. The second-order valence-electron chi connectivity index (χ2n) is 4.47. The van der Waals surface area contributed by atoms with Crippen LogP contribution < -0.4 is 5.32 Å². The lowest BCUT2D eigenvalue weighted by Gasteiger charge is -2.26. The molecule has 0 aliphatic heterocycles. The van der Waals surface area contributed by atoms with Gasteiger partial charge in [-0.3, -0.25) is 0 Å². The number of unbranched alkanes of at least 4 members (excludes halogenated alkanes) is 3. The molecule has 0 aromatic heterocycles. The lowest BCUT2D eigenvalue weighted by molar-refractivity contribution is 0.117. The van der Waals surface area contributed by atoms with E-state index in [0.717, 1.165) is 45.1 Å². The van der Waals surface area contributed by atoms with Crippen molar-refractivity contribution >= 4 is 0 Å². The van der Waals surface area contributed by atoms with E-state index in [4.69, 9.17) is 6.42 Å². The highest BCUT2D eigenvalue weighted by atomic mass is 16.3. The molecule has 0 aromatic carbocycles. The summed E-state index contributed by atoms with van der Waals surface area (Å²) in [6.07, 6.45) is 13.9. The molecule has 2 heteroatoms. The average Bonchev–Trinajstić information content (AvgIpc) is 2.26. The van der Waals surface area contributed by atoms with Gasteiger partial charge in [0, 0.05) is 12.5 Å². The van der Waals surface area contributed by atoms with E-state index in [2.05, 4.69) is 11.2 Å². The van der Waals surface area contributed by atoms with Crippen LogP contribution in [0.2, 0.25) is 0 Å². The van der Waals surface area contributed by atoms with Crippen molar-refractivity contribution in [2.75, 3.05) is 6.54 Å². The zero-order valence-corrected chi connectivity index (χ0v) is 9.54. The molecule has 1 rings (SSSR count). The fourth-order valence-corrected chi connectivity index (χ4v) is 2.11. The molecule has 0 radical (unpaired) electrons. The van der Waals surface area contributed by atoms with E-state index in [0.29, 0.717) is 6.04 Å². The number of hydrogen-bond donors (Lipinski definition) is 2. The monoisotopic (exact) mass is 209 g/mol. The van der Waals surface area contributed by atoms with Crippen molar-refractivity contribution < 1.29 is 5.11 Å². The van der Waals surface area contributed by atoms with Gasteiger partial charge < -0.3 is 10.4 Å². The first kappa shape index (κ1) is 12.5. The van der Waals surface area contributed by atoms with E-state index >= 15 is 0 Å². The summed E-state index contributed by atoms with van der Waals surface area (Å²) in [6, 6.07) is 0.640. The van der Waals surface area contributed by atoms with Crippen LogP contribution in [0.3, 0.4) is 0 Å². The molecule has 1 aliphatic rings. The van der Waals surface area contributed by atoms with Crippen LogP contribution in [0.15, 0.2) is 0 Å². The van der Waals surface area contributed by atoms with Gasteiger partial charge in [-0.05, 0) is 45.1 Å². The normalized spacial score (nSPS) is 26.1. The maximum atomic E-state index is 9.35. The number of terminal acetylenes is 1. The Morgan fingerprint density at radius 3 is 2.53 bits per heavy atom. The van der Waals surface area contributed by atoms with Crippen molar-refractivity contribution in [3.05, 3.63) is 0 Å². The van der Waals surface area contributed by atoms with Crippen molar-refractivity contribution in [2.45, 2.75) is 63.5 Å². The van der Waals surface area contributed by atoms with Gasteiger partial charge in [0.05, 0.1) is 6.10 Å². The van der Waals surface area contributed by atoms with Gasteiger partial charge in [-0.25, -0.2) is 0 Å². The molecule has 1 fully saturated rings. The van der Waals surface area contributed by atoms with E-state index < -0.39 is 0 Å². The highest BCUT2D eigenvalue weighted by Gasteiger charge is 2.18. The van der Waals surface area contributed by atoms with Gasteiger partial charge in [0.1, 0.15) is 0 Å². The molecular formula is C13H23NO. The number of aliphatic hydroxyl groups is 1. The van der Waals surface area contributed by atoms with E-state index in [1.165, 1.54) is 12.8 Å². The van der Waals surface area contributed by atoms with Crippen LogP contribution in [0.5, 0.6) is 0 Å². The Labute approximate surface area is 93.5 Å². The second kappa shape index (κ2) is 7.73. The minimum absolute atomic E-state index is 0.0429. The maximum Gasteiger partial charge on any atom is 0.0541 e. The van der Waals surface area contributed by atoms with Crippen LogP contribution >= 0.6 is 0 Å². The van der Waals surface area contributed by atoms with Crippen LogP contribution in [0.25, 0.3) is 0 Å². The topological polar surface area (TPSA) is 32.3 Å². The smallest absolute Gasteiger partial charge is 0.0541 e. The van der Waals surface area contributed by atoms with E-state index in [9.17, 15) is 5.11 Å². The Balaban J connectivity index is 1.90. The fraction of sp³-hybridized carbons (Fsp3) is 0.846. The third-order valence-corrected chi connectivity index (χ3v) is 3.13. The van der Waals surface area contributed by atoms with Gasteiger partial charge in [0.2, 0.25) is 0 Å². The lowest BCUT2D eigenvalue weighted by atomic mass is 9.93. The molecule has 86 valence electrons. The summed E-state index contributed by atoms with van der Waals surface area (Å²) in [5, 5.41) is 12.9. The molecule has 2 nitrogen and oxygen atoms in total. The zero-order chi connectivity index (χ0) is 10.9. The zero-order valence-electron chi connectivity index (χ0n) is 9.54.